The third kappa shape index (κ3) is 5.66. The minimum atomic E-state index is -0.0671. The van der Waals surface area contributed by atoms with Gasteiger partial charge in [0.25, 0.3) is 0 Å². The molecule has 174 valence electrons. The zero-order valence-electron chi connectivity index (χ0n) is 18.9. The lowest BCUT2D eigenvalue weighted by molar-refractivity contribution is -0.117. The van der Waals surface area contributed by atoms with Crippen LogP contribution < -0.4 is 10.6 Å². The van der Waals surface area contributed by atoms with Crippen LogP contribution in [0, 0.1) is 6.92 Å². The van der Waals surface area contributed by atoms with Gasteiger partial charge in [0.1, 0.15) is 22.3 Å². The van der Waals surface area contributed by atoms with E-state index in [9.17, 15) is 4.79 Å². The highest BCUT2D eigenvalue weighted by atomic mass is 32.1. The summed E-state index contributed by atoms with van der Waals surface area (Å²) >= 11 is 1.49. The number of hydrogen-bond acceptors (Lipinski definition) is 8. The highest BCUT2D eigenvalue weighted by Gasteiger charge is 2.24. The summed E-state index contributed by atoms with van der Waals surface area (Å²) in [6.07, 6.45) is 9.24. The number of nitrogens with one attached hydrogen (secondary N) is 2. The standard InChI is InChI=1S/C24H30N6O2S/c1-16-6-7-20(32-16)23-27-19(24-25-10-13-33-24)14-21(29-23)28-22(31)15-30-11-8-18(9-12-30)26-17-4-2-3-5-17/h6-7,10,13-14,17-18,26H,2-5,8-9,11-12,15H2,1H3,(H,27,28,29,31). The van der Waals surface area contributed by atoms with Gasteiger partial charge in [-0.1, -0.05) is 12.8 Å². The molecule has 33 heavy (non-hydrogen) atoms. The minimum absolute atomic E-state index is 0.0671. The Morgan fingerprint density at radius 3 is 2.64 bits per heavy atom. The molecule has 2 N–H and O–H groups in total. The van der Waals surface area contributed by atoms with Crippen LogP contribution in [-0.2, 0) is 4.79 Å². The number of furan rings is 1. The van der Waals surface area contributed by atoms with Crippen molar-refractivity contribution in [1.82, 2.24) is 25.2 Å². The molecule has 3 aromatic rings. The summed E-state index contributed by atoms with van der Waals surface area (Å²) in [6, 6.07) is 6.76. The molecule has 1 aliphatic carbocycles. The average molecular weight is 467 g/mol. The number of aryl methyl sites for hydroxylation is 1. The Morgan fingerprint density at radius 2 is 1.94 bits per heavy atom. The summed E-state index contributed by atoms with van der Waals surface area (Å²) in [5.41, 5.74) is 0.665. The van der Waals surface area contributed by atoms with Gasteiger partial charge in [-0.25, -0.2) is 15.0 Å². The number of piperidine rings is 1. The molecule has 1 amide bonds. The molecule has 1 saturated carbocycles. The fourth-order valence-electron chi connectivity index (χ4n) is 4.70. The van der Waals surface area contributed by atoms with E-state index in [4.69, 9.17) is 4.42 Å². The first kappa shape index (κ1) is 22.2. The summed E-state index contributed by atoms with van der Waals surface area (Å²) in [5.74, 6) is 2.18. The van der Waals surface area contributed by atoms with Gasteiger partial charge >= 0.3 is 0 Å². The minimum Gasteiger partial charge on any atom is -0.458 e. The largest absolute Gasteiger partial charge is 0.458 e. The topological polar surface area (TPSA) is 96.2 Å². The molecule has 4 heterocycles. The molecular formula is C24H30N6O2S. The van der Waals surface area contributed by atoms with Gasteiger partial charge in [-0.3, -0.25) is 9.69 Å². The van der Waals surface area contributed by atoms with Crippen LogP contribution in [-0.4, -0.2) is 57.5 Å². The van der Waals surface area contributed by atoms with E-state index in [1.165, 1.54) is 37.0 Å². The lowest BCUT2D eigenvalue weighted by atomic mass is 10.0. The molecule has 0 spiro atoms. The Kier molecular flexibility index (Phi) is 6.80. The molecule has 0 unspecified atom stereocenters. The van der Waals surface area contributed by atoms with Crippen molar-refractivity contribution in [2.75, 3.05) is 25.0 Å². The molecule has 1 saturated heterocycles. The van der Waals surface area contributed by atoms with Gasteiger partial charge in [0, 0.05) is 42.8 Å². The van der Waals surface area contributed by atoms with E-state index in [-0.39, 0.29) is 5.91 Å². The normalized spacial score (nSPS) is 18.1. The first-order chi connectivity index (χ1) is 16.1. The number of likely N-dealkylation sites (tertiary alicyclic amines) is 1. The Labute approximate surface area is 197 Å². The van der Waals surface area contributed by atoms with Crippen molar-refractivity contribution >= 4 is 23.1 Å². The van der Waals surface area contributed by atoms with E-state index in [0.717, 1.165) is 36.7 Å². The third-order valence-electron chi connectivity index (χ3n) is 6.39. The van der Waals surface area contributed by atoms with Gasteiger partial charge in [0.2, 0.25) is 5.91 Å². The van der Waals surface area contributed by atoms with E-state index >= 15 is 0 Å². The van der Waals surface area contributed by atoms with E-state index in [1.54, 1.807) is 12.3 Å². The molecule has 0 bridgehead atoms. The number of carbonyl (C=O) groups excluding carboxylic acids is 1. The molecule has 3 aromatic heterocycles. The number of aromatic nitrogens is 3. The quantitative estimate of drug-likeness (QED) is 0.541. The molecule has 0 aromatic carbocycles. The van der Waals surface area contributed by atoms with Crippen LogP contribution in [0.2, 0.25) is 0 Å². The molecule has 8 nitrogen and oxygen atoms in total. The zero-order valence-corrected chi connectivity index (χ0v) is 19.7. The van der Waals surface area contributed by atoms with Crippen LogP contribution in [0.1, 0.15) is 44.3 Å². The van der Waals surface area contributed by atoms with Gasteiger partial charge in [-0.05, 0) is 44.7 Å². The van der Waals surface area contributed by atoms with Crippen molar-refractivity contribution in [3.05, 3.63) is 35.5 Å². The van der Waals surface area contributed by atoms with Gasteiger partial charge in [-0.2, -0.15) is 0 Å². The molecule has 0 atom stereocenters. The number of thiazole rings is 1. The monoisotopic (exact) mass is 466 g/mol. The van der Waals surface area contributed by atoms with Crippen molar-refractivity contribution in [3.63, 3.8) is 0 Å². The lowest BCUT2D eigenvalue weighted by Gasteiger charge is -2.33. The highest BCUT2D eigenvalue weighted by Crippen LogP contribution is 2.27. The third-order valence-corrected chi connectivity index (χ3v) is 7.18. The van der Waals surface area contributed by atoms with Gasteiger partial charge in [-0.15, -0.1) is 11.3 Å². The predicted molar refractivity (Wildman–Crippen MR) is 129 cm³/mol. The van der Waals surface area contributed by atoms with Crippen LogP contribution in [0.3, 0.4) is 0 Å². The van der Waals surface area contributed by atoms with Crippen molar-refractivity contribution in [3.8, 4) is 22.3 Å². The van der Waals surface area contributed by atoms with Crippen molar-refractivity contribution in [2.24, 2.45) is 0 Å². The fraction of sp³-hybridized carbons (Fsp3) is 0.500. The maximum Gasteiger partial charge on any atom is 0.239 e. The van der Waals surface area contributed by atoms with Crippen molar-refractivity contribution in [1.29, 1.82) is 0 Å². The van der Waals surface area contributed by atoms with Crippen LogP contribution in [0.15, 0.2) is 34.2 Å². The maximum atomic E-state index is 12.8. The first-order valence-electron chi connectivity index (χ1n) is 11.8. The number of carbonyl (C=O) groups is 1. The molecule has 2 aliphatic rings. The molecule has 0 radical (unpaired) electrons. The Morgan fingerprint density at radius 1 is 1.15 bits per heavy atom. The summed E-state index contributed by atoms with van der Waals surface area (Å²) < 4.78 is 5.71. The molecule has 5 rings (SSSR count). The lowest BCUT2D eigenvalue weighted by Crippen LogP contribution is -2.47. The molecular weight excluding hydrogens is 436 g/mol. The van der Waals surface area contributed by atoms with Gasteiger partial charge in [0.15, 0.2) is 11.6 Å². The zero-order chi connectivity index (χ0) is 22.6. The summed E-state index contributed by atoms with van der Waals surface area (Å²) in [7, 11) is 0. The highest BCUT2D eigenvalue weighted by molar-refractivity contribution is 7.13. The second-order valence-corrected chi connectivity index (χ2v) is 9.85. The van der Waals surface area contributed by atoms with Gasteiger partial charge in [0.05, 0.1) is 6.54 Å². The summed E-state index contributed by atoms with van der Waals surface area (Å²) in [5, 5.41) is 9.46. The number of hydrogen-bond donors (Lipinski definition) is 2. The maximum absolute atomic E-state index is 12.8. The predicted octanol–water partition coefficient (Wildman–Crippen LogP) is 4.10. The Balaban J connectivity index is 1.22. The SMILES string of the molecule is Cc1ccc(-c2nc(NC(=O)CN3CCC(NC4CCCC4)CC3)cc(-c3nccs3)n2)o1. The summed E-state index contributed by atoms with van der Waals surface area (Å²) in [6.45, 7) is 4.11. The van der Waals surface area contributed by atoms with E-state index in [0.29, 0.717) is 41.7 Å². The molecule has 1 aliphatic heterocycles. The second-order valence-electron chi connectivity index (χ2n) is 8.96. The number of anilines is 1. The van der Waals surface area contributed by atoms with Crippen molar-refractivity contribution in [2.45, 2.75) is 57.5 Å². The van der Waals surface area contributed by atoms with E-state index in [1.807, 2.05) is 24.4 Å². The van der Waals surface area contributed by atoms with Crippen LogP contribution >= 0.6 is 11.3 Å². The number of rotatable bonds is 7. The smallest absolute Gasteiger partial charge is 0.239 e. The Bertz CT molecular complexity index is 1070. The number of nitrogens with zero attached hydrogens (tertiary/aromatic N) is 4. The van der Waals surface area contributed by atoms with E-state index in [2.05, 4.69) is 30.5 Å². The van der Waals surface area contributed by atoms with Crippen molar-refractivity contribution < 1.29 is 9.21 Å². The van der Waals surface area contributed by atoms with Crippen LogP contribution in [0.4, 0.5) is 5.82 Å². The van der Waals surface area contributed by atoms with Crippen LogP contribution in [0.25, 0.3) is 22.3 Å². The molecule has 2 fully saturated rings. The average Bonchev–Trinajstić information content (AvgIpc) is 3.58. The Hall–Kier alpha value is -2.62. The first-order valence-corrected chi connectivity index (χ1v) is 12.6. The van der Waals surface area contributed by atoms with Gasteiger partial charge < -0.3 is 15.1 Å². The summed E-state index contributed by atoms with van der Waals surface area (Å²) in [4.78, 5) is 28.6. The number of amides is 1. The second kappa shape index (κ2) is 10.1. The van der Waals surface area contributed by atoms with Crippen LogP contribution in [0.5, 0.6) is 0 Å². The molecule has 9 heteroatoms. The van der Waals surface area contributed by atoms with E-state index < -0.39 is 0 Å². The fourth-order valence-corrected chi connectivity index (χ4v) is 5.30.